The lowest BCUT2D eigenvalue weighted by Gasteiger charge is -2.14. The number of amides is 1. The molecule has 0 aliphatic carbocycles. The van der Waals surface area contributed by atoms with Gasteiger partial charge in [0.05, 0.1) is 12.2 Å². The Morgan fingerprint density at radius 2 is 1.71 bits per heavy atom. The van der Waals surface area contributed by atoms with Gasteiger partial charge in [-0.1, -0.05) is 51.8 Å². The zero-order chi connectivity index (χ0) is 24.5. The fourth-order valence-electron chi connectivity index (χ4n) is 3.56. The van der Waals surface area contributed by atoms with Crippen molar-refractivity contribution < 1.29 is 27.4 Å². The van der Waals surface area contributed by atoms with Crippen molar-refractivity contribution in [2.24, 2.45) is 0 Å². The topological polar surface area (TPSA) is 47.6 Å². The van der Waals surface area contributed by atoms with Crippen molar-refractivity contribution in [1.82, 2.24) is 0 Å². The summed E-state index contributed by atoms with van der Waals surface area (Å²) in [5, 5.41) is 2.51. The lowest BCUT2D eigenvalue weighted by molar-refractivity contribution is -0.137. The molecule has 0 unspecified atom stereocenters. The Kier molecular flexibility index (Phi) is 6.70. The molecular weight excluding hydrogens is 511 g/mol. The van der Waals surface area contributed by atoms with Gasteiger partial charge in [0.25, 0.3) is 5.91 Å². The third-order valence-electron chi connectivity index (χ3n) is 5.31. The Morgan fingerprint density at radius 3 is 2.38 bits per heavy atom. The molecule has 4 nitrogen and oxygen atoms in total. The first-order chi connectivity index (χ1) is 16.2. The summed E-state index contributed by atoms with van der Waals surface area (Å²) in [4.78, 5) is 12.5. The van der Waals surface area contributed by atoms with E-state index in [1.165, 1.54) is 6.07 Å². The number of nitrogens with one attached hydrogen (secondary N) is 1. The second kappa shape index (κ2) is 9.54. The molecule has 0 radical (unpaired) electrons. The quantitative estimate of drug-likeness (QED) is 0.341. The molecule has 3 aromatic rings. The minimum absolute atomic E-state index is 0.130. The van der Waals surface area contributed by atoms with Crippen LogP contribution in [0, 0.1) is 6.92 Å². The lowest BCUT2D eigenvalue weighted by Crippen LogP contribution is -2.06. The smallest absolute Gasteiger partial charge is 0.416 e. The van der Waals surface area contributed by atoms with E-state index in [1.807, 2.05) is 38.1 Å². The van der Waals surface area contributed by atoms with Crippen LogP contribution in [-0.2, 0) is 17.6 Å². The third kappa shape index (κ3) is 5.12. The molecule has 8 heteroatoms. The van der Waals surface area contributed by atoms with Crippen LogP contribution >= 0.6 is 15.9 Å². The van der Waals surface area contributed by atoms with E-state index < -0.39 is 17.6 Å². The third-order valence-corrected chi connectivity index (χ3v) is 5.99. The van der Waals surface area contributed by atoms with E-state index in [2.05, 4.69) is 21.2 Å². The van der Waals surface area contributed by atoms with Gasteiger partial charge in [-0.2, -0.15) is 13.2 Å². The molecule has 0 aromatic heterocycles. The molecule has 1 aliphatic rings. The monoisotopic (exact) mass is 531 g/mol. The van der Waals surface area contributed by atoms with Crippen LogP contribution in [0.4, 0.5) is 18.9 Å². The normalized spacial score (nSPS) is 14.2. The van der Waals surface area contributed by atoms with E-state index in [0.29, 0.717) is 40.3 Å². The van der Waals surface area contributed by atoms with Crippen LogP contribution in [0.15, 0.2) is 59.1 Å². The van der Waals surface area contributed by atoms with Crippen molar-refractivity contribution in [3.8, 4) is 11.5 Å². The molecule has 0 saturated heterocycles. The Balaban J connectivity index is 1.65. The number of rotatable bonds is 6. The molecule has 1 N–H and O–H groups in total. The molecule has 0 bridgehead atoms. The van der Waals surface area contributed by atoms with E-state index in [0.717, 1.165) is 23.3 Å². The van der Waals surface area contributed by atoms with Crippen molar-refractivity contribution >= 4 is 39.2 Å². The van der Waals surface area contributed by atoms with Gasteiger partial charge in [0.2, 0.25) is 0 Å². The minimum atomic E-state index is -4.49. The number of carbonyl (C=O) groups is 1. The molecule has 4 rings (SSSR count). The molecule has 34 heavy (non-hydrogen) atoms. The number of halogens is 4. The molecule has 1 heterocycles. The van der Waals surface area contributed by atoms with Crippen LogP contribution in [0.2, 0.25) is 0 Å². The maximum Gasteiger partial charge on any atom is 0.416 e. The summed E-state index contributed by atoms with van der Waals surface area (Å²) in [5.41, 5.74) is 2.78. The summed E-state index contributed by atoms with van der Waals surface area (Å²) in [6.07, 6.45) is -2.87. The van der Waals surface area contributed by atoms with Gasteiger partial charge in [-0.3, -0.25) is 4.79 Å². The van der Waals surface area contributed by atoms with Crippen LogP contribution in [0.5, 0.6) is 11.5 Å². The molecule has 0 spiro atoms. The first-order valence-corrected chi connectivity index (χ1v) is 11.3. The van der Waals surface area contributed by atoms with Gasteiger partial charge < -0.3 is 14.8 Å². The zero-order valence-electron chi connectivity index (χ0n) is 18.4. The molecular formula is C26H21BrF3NO3. The predicted molar refractivity (Wildman–Crippen MR) is 129 cm³/mol. The number of anilines is 1. The van der Waals surface area contributed by atoms with Crippen molar-refractivity contribution in [3.63, 3.8) is 0 Å². The number of hydrogen-bond acceptors (Lipinski definition) is 3. The molecule has 0 fully saturated rings. The van der Waals surface area contributed by atoms with Gasteiger partial charge >= 0.3 is 6.18 Å². The summed E-state index contributed by atoms with van der Waals surface area (Å²) in [5.74, 6) is 0.553. The molecule has 1 amide bonds. The summed E-state index contributed by atoms with van der Waals surface area (Å²) >= 11 is 3.51. The first-order valence-electron chi connectivity index (χ1n) is 10.5. The average molecular weight is 532 g/mol. The Bertz CT molecular complexity index is 1270. The summed E-state index contributed by atoms with van der Waals surface area (Å²) in [6, 6.07) is 14.7. The number of hydrogen-bond donors (Lipinski definition) is 1. The fourth-order valence-corrected chi connectivity index (χ4v) is 3.99. The van der Waals surface area contributed by atoms with Crippen molar-refractivity contribution in [1.29, 1.82) is 0 Å². The highest BCUT2D eigenvalue weighted by Gasteiger charge is 2.33. The minimum Gasteiger partial charge on any atom is -0.490 e. The van der Waals surface area contributed by atoms with Crippen LogP contribution in [0.1, 0.15) is 34.7 Å². The largest absolute Gasteiger partial charge is 0.490 e. The molecule has 3 aromatic carbocycles. The van der Waals surface area contributed by atoms with Crippen LogP contribution in [0.25, 0.3) is 11.6 Å². The van der Waals surface area contributed by atoms with Crippen LogP contribution in [-0.4, -0.2) is 12.5 Å². The van der Waals surface area contributed by atoms with Gasteiger partial charge in [-0.05, 0) is 55.3 Å². The van der Waals surface area contributed by atoms with E-state index in [1.54, 1.807) is 18.2 Å². The Labute approximate surface area is 203 Å². The van der Waals surface area contributed by atoms with Crippen LogP contribution < -0.4 is 14.8 Å². The van der Waals surface area contributed by atoms with Crippen molar-refractivity contribution in [2.45, 2.75) is 26.6 Å². The molecule has 1 aliphatic heterocycles. The van der Waals surface area contributed by atoms with Gasteiger partial charge in [0, 0.05) is 21.3 Å². The summed E-state index contributed by atoms with van der Waals surface area (Å²) < 4.78 is 51.5. The average Bonchev–Trinajstić information content (AvgIpc) is 3.09. The highest BCUT2D eigenvalue weighted by molar-refractivity contribution is 9.10. The predicted octanol–water partition coefficient (Wildman–Crippen LogP) is 7.25. The van der Waals surface area contributed by atoms with Crippen molar-refractivity contribution in [2.75, 3.05) is 11.9 Å². The molecule has 0 atom stereocenters. The van der Waals surface area contributed by atoms with E-state index in [-0.39, 0.29) is 11.3 Å². The standard InChI is InChI=1S/C26H21BrF3NO3/c1-3-33-23-11-17(21(27)13-24(23)34-14-16-6-4-15(2)5-7-16)10-20-19-9-8-18(26(28,29)30)12-22(19)31-25(20)32/h4-13H,3,14H2,1-2H3,(H,31,32)/b20-10-. The van der Waals surface area contributed by atoms with Crippen LogP contribution in [0.3, 0.4) is 0 Å². The number of alkyl halides is 3. The first kappa shape index (κ1) is 23.9. The van der Waals surface area contributed by atoms with Gasteiger partial charge in [-0.25, -0.2) is 0 Å². The number of fused-ring (bicyclic) bond motifs is 1. The highest BCUT2D eigenvalue weighted by atomic mass is 79.9. The number of aryl methyl sites for hydroxylation is 1. The lowest BCUT2D eigenvalue weighted by atomic mass is 10.0. The van der Waals surface area contributed by atoms with Crippen molar-refractivity contribution in [3.05, 3.63) is 86.9 Å². The van der Waals surface area contributed by atoms with Gasteiger partial charge in [0.15, 0.2) is 11.5 Å². The van der Waals surface area contributed by atoms with E-state index >= 15 is 0 Å². The van der Waals surface area contributed by atoms with Gasteiger partial charge in [0.1, 0.15) is 6.61 Å². The second-order valence-corrected chi connectivity index (χ2v) is 8.65. The second-order valence-electron chi connectivity index (χ2n) is 7.80. The Morgan fingerprint density at radius 1 is 1.00 bits per heavy atom. The zero-order valence-corrected chi connectivity index (χ0v) is 20.0. The fraction of sp³-hybridized carbons (Fsp3) is 0.192. The Hall–Kier alpha value is -3.26. The maximum atomic E-state index is 13.0. The molecule has 176 valence electrons. The summed E-state index contributed by atoms with van der Waals surface area (Å²) in [6.45, 7) is 4.62. The van der Waals surface area contributed by atoms with E-state index in [4.69, 9.17) is 9.47 Å². The maximum absolute atomic E-state index is 13.0. The SMILES string of the molecule is CCOc1cc(/C=C2\C(=O)Nc3cc(C(F)(F)F)ccc32)c(Br)cc1OCc1ccc(C)cc1. The molecule has 0 saturated carbocycles. The van der Waals surface area contributed by atoms with E-state index in [9.17, 15) is 18.0 Å². The van der Waals surface area contributed by atoms with Gasteiger partial charge in [-0.15, -0.1) is 0 Å². The summed E-state index contributed by atoms with van der Waals surface area (Å²) in [7, 11) is 0. The number of ether oxygens (including phenoxy) is 2. The highest BCUT2D eigenvalue weighted by Crippen LogP contribution is 2.40. The number of carbonyl (C=O) groups excluding carboxylic acids is 1. The number of benzene rings is 3.